The van der Waals surface area contributed by atoms with E-state index in [1.54, 1.807) is 24.3 Å². The molecule has 0 aliphatic rings. The fourth-order valence-corrected chi connectivity index (χ4v) is 1.74. The zero-order chi connectivity index (χ0) is 15.4. The van der Waals surface area contributed by atoms with Crippen LogP contribution in [0.15, 0.2) is 36.4 Å². The highest BCUT2D eigenvalue weighted by Crippen LogP contribution is 2.40. The normalized spacial score (nSPS) is 10.0. The van der Waals surface area contributed by atoms with E-state index in [1.807, 2.05) is 0 Å². The molecule has 0 spiro atoms. The highest BCUT2D eigenvalue weighted by molar-refractivity contribution is 5.59. The third kappa shape index (κ3) is 3.14. The molecule has 0 atom stereocenters. The molecule has 2 aromatic carbocycles. The van der Waals surface area contributed by atoms with Gasteiger partial charge in [0.25, 0.3) is 0 Å². The largest absolute Gasteiger partial charge is 0.493 e. The lowest BCUT2D eigenvalue weighted by Crippen LogP contribution is -1.97. The van der Waals surface area contributed by atoms with Gasteiger partial charge in [-0.05, 0) is 24.3 Å². The number of nitrogens with zero attached hydrogens (tertiary/aromatic N) is 1. The van der Waals surface area contributed by atoms with Gasteiger partial charge >= 0.3 is 5.69 Å². The average Bonchev–Trinajstić information content (AvgIpc) is 2.48. The van der Waals surface area contributed by atoms with E-state index in [-0.39, 0.29) is 17.2 Å². The highest BCUT2D eigenvalue weighted by atomic mass is 16.6. The van der Waals surface area contributed by atoms with Gasteiger partial charge in [-0.1, -0.05) is 0 Å². The summed E-state index contributed by atoms with van der Waals surface area (Å²) >= 11 is 0. The van der Waals surface area contributed by atoms with Gasteiger partial charge in [0, 0.05) is 11.8 Å². The highest BCUT2D eigenvalue weighted by Gasteiger charge is 2.21. The van der Waals surface area contributed by atoms with Gasteiger partial charge in [0.1, 0.15) is 5.75 Å². The number of hydrogen-bond acceptors (Lipinski definition) is 6. The Morgan fingerprint density at radius 3 is 2.10 bits per heavy atom. The number of methoxy groups -OCH3 is 2. The first-order valence-corrected chi connectivity index (χ1v) is 5.99. The number of nitrogen functional groups attached to an aromatic ring is 1. The second kappa shape index (κ2) is 6.00. The van der Waals surface area contributed by atoms with E-state index in [0.29, 0.717) is 17.2 Å². The van der Waals surface area contributed by atoms with Crippen LogP contribution in [-0.4, -0.2) is 19.1 Å². The second-order valence-corrected chi connectivity index (χ2v) is 4.10. The maximum atomic E-state index is 11.1. The number of nitro benzene ring substituents is 1. The average molecular weight is 290 g/mol. The van der Waals surface area contributed by atoms with Crippen molar-refractivity contribution >= 4 is 11.4 Å². The van der Waals surface area contributed by atoms with E-state index in [2.05, 4.69) is 0 Å². The van der Waals surface area contributed by atoms with Crippen LogP contribution < -0.4 is 19.9 Å². The van der Waals surface area contributed by atoms with E-state index in [4.69, 9.17) is 19.9 Å². The lowest BCUT2D eigenvalue weighted by atomic mass is 10.2. The van der Waals surface area contributed by atoms with Crippen molar-refractivity contribution in [2.24, 2.45) is 0 Å². The Labute approximate surface area is 121 Å². The first-order valence-electron chi connectivity index (χ1n) is 5.99. The molecular formula is C14H14N2O5. The fraction of sp³-hybridized carbons (Fsp3) is 0.143. The van der Waals surface area contributed by atoms with E-state index >= 15 is 0 Å². The Morgan fingerprint density at radius 1 is 1.00 bits per heavy atom. The molecular weight excluding hydrogens is 276 g/mol. The van der Waals surface area contributed by atoms with Gasteiger partial charge in [0.15, 0.2) is 11.5 Å². The molecule has 0 aromatic heterocycles. The number of nitro groups is 1. The lowest BCUT2D eigenvalue weighted by Gasteiger charge is -2.11. The van der Waals surface area contributed by atoms with Crippen LogP contribution in [0.1, 0.15) is 0 Å². The third-order valence-corrected chi connectivity index (χ3v) is 2.77. The Morgan fingerprint density at radius 2 is 1.57 bits per heavy atom. The molecule has 7 nitrogen and oxygen atoms in total. The van der Waals surface area contributed by atoms with Gasteiger partial charge in [-0.3, -0.25) is 10.1 Å². The van der Waals surface area contributed by atoms with Crippen LogP contribution in [0.25, 0.3) is 0 Å². The fourth-order valence-electron chi connectivity index (χ4n) is 1.74. The van der Waals surface area contributed by atoms with Crippen LogP contribution in [0.4, 0.5) is 11.4 Å². The Bertz CT molecular complexity index is 655. The minimum absolute atomic E-state index is 0.0578. The van der Waals surface area contributed by atoms with E-state index in [9.17, 15) is 10.1 Å². The molecule has 0 heterocycles. The predicted molar refractivity (Wildman–Crippen MR) is 77.1 cm³/mol. The smallest absolute Gasteiger partial charge is 0.315 e. The van der Waals surface area contributed by atoms with Gasteiger partial charge in [0.2, 0.25) is 5.75 Å². The van der Waals surface area contributed by atoms with E-state index < -0.39 is 4.92 Å². The molecule has 0 amide bonds. The zero-order valence-corrected chi connectivity index (χ0v) is 11.5. The summed E-state index contributed by atoms with van der Waals surface area (Å²) in [4.78, 5) is 10.6. The molecule has 2 N–H and O–H groups in total. The van der Waals surface area contributed by atoms with Crippen LogP contribution in [0.2, 0.25) is 0 Å². The van der Waals surface area contributed by atoms with Crippen molar-refractivity contribution in [1.82, 2.24) is 0 Å². The molecule has 0 bridgehead atoms. The third-order valence-electron chi connectivity index (χ3n) is 2.77. The van der Waals surface area contributed by atoms with Gasteiger partial charge in [0.05, 0.1) is 25.2 Å². The molecule has 0 aliphatic heterocycles. The topological polar surface area (TPSA) is 96.9 Å². The summed E-state index contributed by atoms with van der Waals surface area (Å²) in [7, 11) is 2.85. The number of benzene rings is 2. The summed E-state index contributed by atoms with van der Waals surface area (Å²) in [5, 5.41) is 11.1. The van der Waals surface area contributed by atoms with Crippen LogP contribution in [0, 0.1) is 10.1 Å². The quantitative estimate of drug-likeness (QED) is 0.516. The molecule has 21 heavy (non-hydrogen) atoms. The van der Waals surface area contributed by atoms with Crippen molar-refractivity contribution in [3.05, 3.63) is 46.5 Å². The Balaban J connectivity index is 2.45. The summed E-state index contributed by atoms with van der Waals surface area (Å²) < 4.78 is 15.7. The van der Waals surface area contributed by atoms with Crippen LogP contribution in [0.5, 0.6) is 23.0 Å². The van der Waals surface area contributed by atoms with Crippen molar-refractivity contribution in [1.29, 1.82) is 0 Å². The predicted octanol–water partition coefficient (Wildman–Crippen LogP) is 2.99. The van der Waals surface area contributed by atoms with Gasteiger partial charge in [-0.15, -0.1) is 0 Å². The molecule has 110 valence electrons. The summed E-state index contributed by atoms with van der Waals surface area (Å²) in [6, 6.07) is 9.19. The van der Waals surface area contributed by atoms with Crippen LogP contribution >= 0.6 is 0 Å². The standard InChI is InChI=1S/C14H14N2O5/c1-19-13-7-11(16(17)18)12(8-14(13)20-2)21-10-5-3-9(15)4-6-10/h3-8H,15H2,1-2H3. The number of nitrogens with two attached hydrogens (primary N) is 1. The maximum absolute atomic E-state index is 11.1. The van der Waals surface area contributed by atoms with Crippen molar-refractivity contribution < 1.29 is 19.1 Å². The molecule has 0 aliphatic carbocycles. The molecule has 0 saturated carbocycles. The molecule has 0 radical (unpaired) electrons. The molecule has 0 fully saturated rings. The first-order chi connectivity index (χ1) is 10.0. The summed E-state index contributed by atoms with van der Waals surface area (Å²) in [5.74, 6) is 1.09. The van der Waals surface area contributed by atoms with Crippen molar-refractivity contribution in [2.45, 2.75) is 0 Å². The van der Waals surface area contributed by atoms with Crippen LogP contribution in [0.3, 0.4) is 0 Å². The summed E-state index contributed by atoms with van der Waals surface area (Å²) in [6.45, 7) is 0. The zero-order valence-electron chi connectivity index (χ0n) is 11.5. The van der Waals surface area contributed by atoms with Crippen molar-refractivity contribution in [2.75, 3.05) is 20.0 Å². The van der Waals surface area contributed by atoms with Gasteiger partial charge < -0.3 is 19.9 Å². The molecule has 2 aromatic rings. The minimum Gasteiger partial charge on any atom is -0.493 e. The Kier molecular flexibility index (Phi) is 4.13. The number of ether oxygens (including phenoxy) is 3. The Hall–Kier alpha value is -2.96. The van der Waals surface area contributed by atoms with E-state index in [1.165, 1.54) is 26.4 Å². The monoisotopic (exact) mass is 290 g/mol. The van der Waals surface area contributed by atoms with Gasteiger partial charge in [-0.2, -0.15) is 0 Å². The number of hydrogen-bond donors (Lipinski definition) is 1. The summed E-state index contributed by atoms with van der Waals surface area (Å²) in [6.07, 6.45) is 0. The number of anilines is 1. The second-order valence-electron chi connectivity index (χ2n) is 4.10. The van der Waals surface area contributed by atoms with Gasteiger partial charge in [-0.25, -0.2) is 0 Å². The van der Waals surface area contributed by atoms with Crippen molar-refractivity contribution in [3.63, 3.8) is 0 Å². The molecule has 2 rings (SSSR count). The minimum atomic E-state index is -0.547. The molecule has 0 unspecified atom stereocenters. The lowest BCUT2D eigenvalue weighted by molar-refractivity contribution is -0.385. The van der Waals surface area contributed by atoms with E-state index in [0.717, 1.165) is 0 Å². The summed E-state index contributed by atoms with van der Waals surface area (Å²) in [5.41, 5.74) is 5.94. The number of rotatable bonds is 5. The van der Waals surface area contributed by atoms with Crippen LogP contribution in [-0.2, 0) is 0 Å². The first kappa shape index (κ1) is 14.4. The molecule has 7 heteroatoms. The van der Waals surface area contributed by atoms with Crippen molar-refractivity contribution in [3.8, 4) is 23.0 Å². The molecule has 0 saturated heterocycles. The SMILES string of the molecule is COc1cc(Oc2ccc(N)cc2)c([N+](=O)[O-])cc1OC. The maximum Gasteiger partial charge on any atom is 0.315 e.